The van der Waals surface area contributed by atoms with E-state index in [0.717, 1.165) is 12.1 Å². The molecule has 0 aliphatic rings. The normalized spacial score (nSPS) is 15.1. The highest BCUT2D eigenvalue weighted by atomic mass is 35.5. The van der Waals surface area contributed by atoms with Gasteiger partial charge in [0.1, 0.15) is 17.6 Å². The molecule has 1 aromatic carbocycles. The summed E-state index contributed by atoms with van der Waals surface area (Å²) in [7, 11) is 0. The third kappa shape index (κ3) is 4.77. The Bertz CT molecular complexity index is 425. The van der Waals surface area contributed by atoms with Crippen LogP contribution in [0.2, 0.25) is 0 Å². The second-order valence-corrected chi connectivity index (χ2v) is 4.14. The molecule has 0 amide bonds. The lowest BCUT2D eigenvalue weighted by atomic mass is 10.0. The molecule has 2 atom stereocenters. The first kappa shape index (κ1) is 15.9. The Labute approximate surface area is 112 Å². The Balaban J connectivity index is 2.88. The summed E-state index contributed by atoms with van der Waals surface area (Å²) in [5.74, 6) is -1.13. The van der Waals surface area contributed by atoms with Gasteiger partial charge in [0.15, 0.2) is 0 Å². The number of hydrogen-bond acceptors (Lipinski definition) is 4. The summed E-state index contributed by atoms with van der Waals surface area (Å²) in [6, 6.07) is 2.68. The van der Waals surface area contributed by atoms with Gasteiger partial charge >= 0.3 is 6.36 Å². The fourth-order valence-electron chi connectivity index (χ4n) is 1.45. The number of aromatic hydroxyl groups is 1. The molecule has 3 N–H and O–H groups in total. The van der Waals surface area contributed by atoms with E-state index in [0.29, 0.717) is 6.07 Å². The van der Waals surface area contributed by atoms with Crippen LogP contribution in [0.3, 0.4) is 0 Å². The van der Waals surface area contributed by atoms with Gasteiger partial charge in [0.05, 0.1) is 6.10 Å². The molecule has 2 unspecified atom stereocenters. The van der Waals surface area contributed by atoms with Gasteiger partial charge in [-0.1, -0.05) is 0 Å². The van der Waals surface area contributed by atoms with Crippen molar-refractivity contribution in [2.45, 2.75) is 25.0 Å². The molecule has 0 aliphatic heterocycles. The van der Waals surface area contributed by atoms with Crippen LogP contribution < -0.4 is 4.74 Å². The standard InChI is InChI=1S/C11H12ClF3O4/c12-4-3-8(16)10(18)7-2-1-6(5-9(7)17)19-11(13,14)15/h1-2,5,8,10,16-18H,3-4H2. The highest BCUT2D eigenvalue weighted by Gasteiger charge is 2.31. The second-order valence-electron chi connectivity index (χ2n) is 3.76. The van der Waals surface area contributed by atoms with Crippen molar-refractivity contribution in [3.8, 4) is 11.5 Å². The molecular weight excluding hydrogens is 289 g/mol. The molecule has 0 aromatic heterocycles. The highest BCUT2D eigenvalue weighted by molar-refractivity contribution is 6.17. The summed E-state index contributed by atoms with van der Waals surface area (Å²) in [6.07, 6.45) is -7.47. The van der Waals surface area contributed by atoms with E-state index in [1.54, 1.807) is 0 Å². The highest BCUT2D eigenvalue weighted by Crippen LogP contribution is 2.33. The molecule has 0 heterocycles. The predicted octanol–water partition coefficient (Wildman–Crippen LogP) is 2.31. The van der Waals surface area contributed by atoms with Crippen LogP contribution >= 0.6 is 11.6 Å². The van der Waals surface area contributed by atoms with Gasteiger partial charge in [-0.25, -0.2) is 0 Å². The molecule has 1 rings (SSSR count). The van der Waals surface area contributed by atoms with E-state index in [-0.39, 0.29) is 17.9 Å². The summed E-state index contributed by atoms with van der Waals surface area (Å²) in [5, 5.41) is 28.7. The molecule has 0 spiro atoms. The molecule has 4 nitrogen and oxygen atoms in total. The number of halogens is 4. The second kappa shape index (κ2) is 6.31. The number of alkyl halides is 4. The Hall–Kier alpha value is -1.18. The van der Waals surface area contributed by atoms with Gasteiger partial charge in [-0.15, -0.1) is 24.8 Å². The van der Waals surface area contributed by atoms with Crippen molar-refractivity contribution < 1.29 is 33.2 Å². The fourth-order valence-corrected chi connectivity index (χ4v) is 1.67. The number of phenolic OH excluding ortho intramolecular Hbond substituents is 1. The molecule has 1 aromatic rings. The quantitative estimate of drug-likeness (QED) is 0.730. The van der Waals surface area contributed by atoms with E-state index in [9.17, 15) is 28.5 Å². The largest absolute Gasteiger partial charge is 0.573 e. The van der Waals surface area contributed by atoms with Crippen LogP contribution in [0, 0.1) is 0 Å². The molecule has 8 heteroatoms. The average molecular weight is 301 g/mol. The van der Waals surface area contributed by atoms with Gasteiger partial charge in [-0.2, -0.15) is 0 Å². The minimum absolute atomic E-state index is 0.0724. The van der Waals surface area contributed by atoms with Gasteiger partial charge < -0.3 is 20.1 Å². The van der Waals surface area contributed by atoms with Crippen molar-refractivity contribution in [3.63, 3.8) is 0 Å². The van der Waals surface area contributed by atoms with E-state index >= 15 is 0 Å². The van der Waals surface area contributed by atoms with E-state index < -0.39 is 30.1 Å². The Morgan fingerprint density at radius 3 is 2.37 bits per heavy atom. The van der Waals surface area contributed by atoms with Gasteiger partial charge in [-0.05, 0) is 18.6 Å². The van der Waals surface area contributed by atoms with Crippen LogP contribution in [0.1, 0.15) is 18.1 Å². The zero-order valence-electron chi connectivity index (χ0n) is 9.56. The summed E-state index contributed by atoms with van der Waals surface area (Å²) >= 11 is 5.39. The van der Waals surface area contributed by atoms with Crippen LogP contribution in [0.15, 0.2) is 18.2 Å². The zero-order valence-corrected chi connectivity index (χ0v) is 10.3. The SMILES string of the molecule is Oc1cc(OC(F)(F)F)ccc1C(O)C(O)CCCl. The molecule has 0 aliphatic carbocycles. The van der Waals surface area contributed by atoms with Gasteiger partial charge in [0.25, 0.3) is 0 Å². The van der Waals surface area contributed by atoms with Crippen LogP contribution in [0.4, 0.5) is 13.2 Å². The van der Waals surface area contributed by atoms with E-state index in [4.69, 9.17) is 11.6 Å². The lowest BCUT2D eigenvalue weighted by Gasteiger charge is -2.19. The van der Waals surface area contributed by atoms with E-state index in [1.807, 2.05) is 0 Å². The molecule has 0 saturated heterocycles. The van der Waals surface area contributed by atoms with Crippen LogP contribution in [-0.2, 0) is 0 Å². The third-order valence-corrected chi connectivity index (χ3v) is 2.54. The molecule has 108 valence electrons. The number of phenols is 1. The molecule has 0 radical (unpaired) electrons. The van der Waals surface area contributed by atoms with Crippen LogP contribution in [0.5, 0.6) is 11.5 Å². The Kier molecular flexibility index (Phi) is 5.28. The summed E-state index contributed by atoms with van der Waals surface area (Å²) in [5.41, 5.74) is -0.104. The summed E-state index contributed by atoms with van der Waals surface area (Å²) in [6.45, 7) is 0. The maximum Gasteiger partial charge on any atom is 0.573 e. The van der Waals surface area contributed by atoms with Crippen LogP contribution in [-0.4, -0.2) is 33.7 Å². The van der Waals surface area contributed by atoms with Crippen molar-refractivity contribution in [1.29, 1.82) is 0 Å². The summed E-state index contributed by atoms with van der Waals surface area (Å²) < 4.78 is 39.5. The lowest BCUT2D eigenvalue weighted by Crippen LogP contribution is -2.19. The molecule has 0 fully saturated rings. The number of ether oxygens (including phenoxy) is 1. The van der Waals surface area contributed by atoms with Crippen molar-refractivity contribution in [3.05, 3.63) is 23.8 Å². The first-order valence-electron chi connectivity index (χ1n) is 5.25. The third-order valence-electron chi connectivity index (χ3n) is 2.32. The number of aliphatic hydroxyl groups is 2. The molecular formula is C11H12ClF3O4. The molecule has 19 heavy (non-hydrogen) atoms. The number of hydrogen-bond donors (Lipinski definition) is 3. The first-order chi connectivity index (χ1) is 8.74. The van der Waals surface area contributed by atoms with Gasteiger partial charge in [0.2, 0.25) is 0 Å². The topological polar surface area (TPSA) is 69.9 Å². The lowest BCUT2D eigenvalue weighted by molar-refractivity contribution is -0.274. The van der Waals surface area contributed by atoms with E-state index in [1.165, 1.54) is 0 Å². The van der Waals surface area contributed by atoms with Crippen LogP contribution in [0.25, 0.3) is 0 Å². The zero-order chi connectivity index (χ0) is 14.6. The minimum Gasteiger partial charge on any atom is -0.507 e. The Morgan fingerprint density at radius 1 is 1.26 bits per heavy atom. The average Bonchev–Trinajstić information content (AvgIpc) is 2.26. The predicted molar refractivity (Wildman–Crippen MR) is 61.1 cm³/mol. The van der Waals surface area contributed by atoms with Crippen molar-refractivity contribution in [1.82, 2.24) is 0 Å². The number of benzene rings is 1. The maximum absolute atomic E-state index is 12.0. The maximum atomic E-state index is 12.0. The summed E-state index contributed by atoms with van der Waals surface area (Å²) in [4.78, 5) is 0. The van der Waals surface area contributed by atoms with Crippen molar-refractivity contribution in [2.24, 2.45) is 0 Å². The number of rotatable bonds is 5. The van der Waals surface area contributed by atoms with Crippen molar-refractivity contribution in [2.75, 3.05) is 5.88 Å². The van der Waals surface area contributed by atoms with E-state index in [2.05, 4.69) is 4.74 Å². The fraction of sp³-hybridized carbons (Fsp3) is 0.455. The molecule has 0 saturated carbocycles. The minimum atomic E-state index is -4.87. The monoisotopic (exact) mass is 300 g/mol. The Morgan fingerprint density at radius 2 is 1.89 bits per heavy atom. The van der Waals surface area contributed by atoms with Gasteiger partial charge in [0, 0.05) is 17.5 Å². The molecule has 0 bridgehead atoms. The first-order valence-corrected chi connectivity index (χ1v) is 5.79. The number of aliphatic hydroxyl groups excluding tert-OH is 2. The smallest absolute Gasteiger partial charge is 0.507 e. The van der Waals surface area contributed by atoms with Crippen molar-refractivity contribution >= 4 is 11.6 Å². The van der Waals surface area contributed by atoms with Gasteiger partial charge in [-0.3, -0.25) is 0 Å².